The smallest absolute Gasteiger partial charge is 0.379 e. The van der Waals surface area contributed by atoms with Gasteiger partial charge in [0.15, 0.2) is 0 Å². The van der Waals surface area contributed by atoms with Crippen LogP contribution in [-0.2, 0) is 33.4 Å². The lowest BCUT2D eigenvalue weighted by atomic mass is 9.78. The second kappa shape index (κ2) is 9.61. The molecule has 1 aromatic rings. The van der Waals surface area contributed by atoms with Crippen molar-refractivity contribution in [2.45, 2.75) is 50.6 Å². The number of carbonyl (C=O) groups is 1. The number of hydrogen-bond acceptors (Lipinski definition) is 6. The molecule has 4 heterocycles. The van der Waals surface area contributed by atoms with Crippen LogP contribution in [0.2, 0.25) is 0 Å². The summed E-state index contributed by atoms with van der Waals surface area (Å²) >= 11 is 0. The average molecular weight is 497 g/mol. The van der Waals surface area contributed by atoms with Gasteiger partial charge in [-0.1, -0.05) is 0 Å². The van der Waals surface area contributed by atoms with Gasteiger partial charge >= 0.3 is 6.18 Å². The summed E-state index contributed by atoms with van der Waals surface area (Å²) in [5.41, 5.74) is -0.0432. The summed E-state index contributed by atoms with van der Waals surface area (Å²) in [7, 11) is 3.76. The number of nitrogens with zero attached hydrogens (tertiary/aromatic N) is 3. The van der Waals surface area contributed by atoms with E-state index in [2.05, 4.69) is 22.2 Å². The SMILES string of the molecule is COC1COCCC1NCC1C[C@H]2CN(C)C[C@@]2(C(=O)N2CCc3ncc(C(F)(F)F)cc3C2)C1. The fourth-order valence-electron chi connectivity index (χ4n) is 6.81. The number of rotatable bonds is 5. The zero-order valence-corrected chi connectivity index (χ0v) is 20.4. The van der Waals surface area contributed by atoms with E-state index in [1.165, 1.54) is 6.07 Å². The first-order chi connectivity index (χ1) is 16.7. The van der Waals surface area contributed by atoms with Gasteiger partial charge in [-0.3, -0.25) is 9.78 Å². The van der Waals surface area contributed by atoms with Crippen LogP contribution in [0.15, 0.2) is 12.3 Å². The van der Waals surface area contributed by atoms with Crippen molar-refractivity contribution in [3.63, 3.8) is 0 Å². The number of alkyl halides is 3. The standard InChI is InChI=1S/C25H35F3N4O3/c1-31-13-19-7-16(10-29-21-4-6-35-14-22(21)34-2)9-24(19,15-31)23(33)32-5-3-20-17(12-32)8-18(11-30-20)25(26,27)28/h8,11,16,19,21-22,29H,3-7,9-10,12-15H2,1-2H3/t16?,19-,21?,22?,24-/m0/s1. The van der Waals surface area contributed by atoms with Gasteiger partial charge in [-0.2, -0.15) is 13.2 Å². The van der Waals surface area contributed by atoms with Crippen LogP contribution in [0.5, 0.6) is 0 Å². The van der Waals surface area contributed by atoms with E-state index in [1.807, 2.05) is 0 Å². The van der Waals surface area contributed by atoms with Gasteiger partial charge in [0.25, 0.3) is 0 Å². The Labute approximate surface area is 204 Å². The Morgan fingerprint density at radius 3 is 3.00 bits per heavy atom. The maximum Gasteiger partial charge on any atom is 0.417 e. The number of hydrogen-bond donors (Lipinski definition) is 1. The second-order valence-electron chi connectivity index (χ2n) is 10.8. The van der Waals surface area contributed by atoms with Crippen molar-refractivity contribution in [3.8, 4) is 0 Å². The minimum absolute atomic E-state index is 0.0370. The second-order valence-corrected chi connectivity index (χ2v) is 10.8. The largest absolute Gasteiger partial charge is 0.417 e. The number of halogens is 3. The van der Waals surface area contributed by atoms with Crippen molar-refractivity contribution < 1.29 is 27.4 Å². The van der Waals surface area contributed by atoms with Crippen LogP contribution >= 0.6 is 0 Å². The first-order valence-corrected chi connectivity index (χ1v) is 12.6. The molecule has 3 aliphatic heterocycles. The molecule has 0 aromatic carbocycles. The maximum absolute atomic E-state index is 14.0. The van der Waals surface area contributed by atoms with Crippen molar-refractivity contribution in [1.29, 1.82) is 0 Å². The quantitative estimate of drug-likeness (QED) is 0.675. The number of ether oxygens (including phenoxy) is 2. The molecular formula is C25H35F3N4O3. The Hall–Kier alpha value is -1.75. The van der Waals surface area contributed by atoms with E-state index in [0.29, 0.717) is 43.3 Å². The molecule has 5 atom stereocenters. The van der Waals surface area contributed by atoms with Crippen LogP contribution in [0.3, 0.4) is 0 Å². The van der Waals surface area contributed by atoms with E-state index in [4.69, 9.17) is 9.47 Å². The van der Waals surface area contributed by atoms with Crippen molar-refractivity contribution in [1.82, 2.24) is 20.1 Å². The monoisotopic (exact) mass is 496 g/mol. The number of amides is 1. The number of carbonyl (C=O) groups excluding carboxylic acids is 1. The third-order valence-corrected chi connectivity index (χ3v) is 8.49. The summed E-state index contributed by atoms with van der Waals surface area (Å²) in [6.07, 6.45) is -0.323. The summed E-state index contributed by atoms with van der Waals surface area (Å²) in [6, 6.07) is 1.41. The van der Waals surface area contributed by atoms with E-state index in [-0.39, 0.29) is 30.5 Å². The molecule has 0 radical (unpaired) electrons. The van der Waals surface area contributed by atoms with Crippen molar-refractivity contribution >= 4 is 5.91 Å². The number of aromatic nitrogens is 1. The summed E-state index contributed by atoms with van der Waals surface area (Å²) in [5, 5.41) is 3.68. The molecule has 1 saturated carbocycles. The summed E-state index contributed by atoms with van der Waals surface area (Å²) in [6.45, 7) is 4.43. The Morgan fingerprint density at radius 1 is 1.40 bits per heavy atom. The highest BCUT2D eigenvalue weighted by molar-refractivity contribution is 5.84. The molecule has 1 N–H and O–H groups in total. The molecule has 7 nitrogen and oxygen atoms in total. The molecule has 5 rings (SSSR count). The molecule has 1 aliphatic carbocycles. The van der Waals surface area contributed by atoms with Gasteiger partial charge in [0, 0.05) is 64.2 Å². The van der Waals surface area contributed by atoms with Crippen LogP contribution in [0.25, 0.3) is 0 Å². The molecular weight excluding hydrogens is 461 g/mol. The molecule has 0 spiro atoms. The van der Waals surface area contributed by atoms with Crippen LogP contribution in [0, 0.1) is 17.3 Å². The Bertz CT molecular complexity index is 945. The number of methoxy groups -OCH3 is 1. The van der Waals surface area contributed by atoms with E-state index >= 15 is 0 Å². The zero-order valence-electron chi connectivity index (χ0n) is 20.4. The predicted molar refractivity (Wildman–Crippen MR) is 123 cm³/mol. The normalized spacial score (nSPS) is 33.6. The summed E-state index contributed by atoms with van der Waals surface area (Å²) < 4.78 is 50.8. The van der Waals surface area contributed by atoms with E-state index in [0.717, 1.165) is 45.2 Å². The molecule has 35 heavy (non-hydrogen) atoms. The third kappa shape index (κ3) is 4.82. The summed E-state index contributed by atoms with van der Waals surface area (Å²) in [4.78, 5) is 22.1. The van der Waals surface area contributed by atoms with Gasteiger partial charge in [-0.15, -0.1) is 0 Å². The maximum atomic E-state index is 14.0. The average Bonchev–Trinajstić information content (AvgIpc) is 3.34. The van der Waals surface area contributed by atoms with Gasteiger partial charge in [0.2, 0.25) is 5.91 Å². The predicted octanol–water partition coefficient (Wildman–Crippen LogP) is 2.34. The number of nitrogens with one attached hydrogen (secondary N) is 1. The highest BCUT2D eigenvalue weighted by Gasteiger charge is 2.57. The first kappa shape index (κ1) is 24.9. The van der Waals surface area contributed by atoms with E-state index in [1.54, 1.807) is 12.0 Å². The minimum Gasteiger partial charge on any atom is -0.379 e. The molecule has 0 bridgehead atoms. The fourth-order valence-corrected chi connectivity index (χ4v) is 6.81. The lowest BCUT2D eigenvalue weighted by Crippen LogP contribution is -2.49. The van der Waals surface area contributed by atoms with Crippen molar-refractivity contribution in [3.05, 3.63) is 29.1 Å². The van der Waals surface area contributed by atoms with Gasteiger partial charge < -0.3 is 24.6 Å². The highest BCUT2D eigenvalue weighted by Crippen LogP contribution is 2.52. The van der Waals surface area contributed by atoms with Crippen LogP contribution < -0.4 is 5.32 Å². The molecule has 2 saturated heterocycles. The highest BCUT2D eigenvalue weighted by atomic mass is 19.4. The molecule has 1 amide bonds. The summed E-state index contributed by atoms with van der Waals surface area (Å²) in [5.74, 6) is 0.743. The molecule has 3 unspecified atom stereocenters. The molecule has 194 valence electrons. The minimum atomic E-state index is -4.44. The lowest BCUT2D eigenvalue weighted by molar-refractivity contribution is -0.144. The van der Waals surface area contributed by atoms with E-state index < -0.39 is 17.2 Å². The molecule has 3 fully saturated rings. The van der Waals surface area contributed by atoms with Gasteiger partial charge in [0.05, 0.1) is 23.7 Å². The van der Waals surface area contributed by atoms with E-state index in [9.17, 15) is 18.0 Å². The lowest BCUT2D eigenvalue weighted by Gasteiger charge is -2.37. The zero-order chi connectivity index (χ0) is 24.8. The Kier molecular flexibility index (Phi) is 6.84. The molecule has 1 aromatic heterocycles. The number of pyridine rings is 1. The fraction of sp³-hybridized carbons (Fsp3) is 0.760. The third-order valence-electron chi connectivity index (χ3n) is 8.49. The van der Waals surface area contributed by atoms with Crippen LogP contribution in [0.4, 0.5) is 13.2 Å². The van der Waals surface area contributed by atoms with Crippen LogP contribution in [0.1, 0.15) is 36.1 Å². The van der Waals surface area contributed by atoms with Crippen molar-refractivity contribution in [2.75, 3.05) is 53.6 Å². The van der Waals surface area contributed by atoms with Gasteiger partial charge in [-0.05, 0) is 56.3 Å². The molecule has 4 aliphatic rings. The molecule has 10 heteroatoms. The number of likely N-dealkylation sites (tertiary alicyclic amines) is 1. The van der Waals surface area contributed by atoms with Gasteiger partial charge in [-0.25, -0.2) is 0 Å². The Balaban J connectivity index is 1.28. The first-order valence-electron chi connectivity index (χ1n) is 12.6. The van der Waals surface area contributed by atoms with Gasteiger partial charge in [0.1, 0.15) is 0 Å². The number of fused-ring (bicyclic) bond motifs is 2. The van der Waals surface area contributed by atoms with Crippen molar-refractivity contribution in [2.24, 2.45) is 17.3 Å². The van der Waals surface area contributed by atoms with Crippen LogP contribution in [-0.4, -0.2) is 86.4 Å². The Morgan fingerprint density at radius 2 is 2.23 bits per heavy atom. The topological polar surface area (TPSA) is 66.9 Å².